The molecule has 2 N–H and O–H groups in total. The summed E-state index contributed by atoms with van der Waals surface area (Å²) >= 11 is 0. The molecule has 0 aromatic heterocycles. The Morgan fingerprint density at radius 2 is 1.86 bits per heavy atom. The van der Waals surface area contributed by atoms with E-state index < -0.39 is 32.4 Å². The van der Waals surface area contributed by atoms with E-state index in [1.165, 1.54) is 0 Å². The molecule has 1 heterocycles. The number of aryl methyl sites for hydroxylation is 1. The molecular formula is C21H23NO6S. The molecular weight excluding hydrogens is 394 g/mol. The van der Waals surface area contributed by atoms with Crippen LogP contribution in [0.15, 0.2) is 47.4 Å². The molecule has 29 heavy (non-hydrogen) atoms. The summed E-state index contributed by atoms with van der Waals surface area (Å²) in [6.07, 6.45) is 0. The quantitative estimate of drug-likeness (QED) is 0.718. The normalized spacial score (nSPS) is 24.9. The van der Waals surface area contributed by atoms with Crippen LogP contribution in [-0.2, 0) is 19.4 Å². The summed E-state index contributed by atoms with van der Waals surface area (Å²) in [7, 11) is -3.83. The number of benzene rings is 2. The van der Waals surface area contributed by atoms with E-state index in [1.54, 1.807) is 49.4 Å². The first-order valence-corrected chi connectivity index (χ1v) is 11.0. The highest BCUT2D eigenvalue weighted by Crippen LogP contribution is 2.64. The standard InChI is InChI=1S/C21H23NO6S/c1-3-26-20(23)21(11-22)18(14-6-9-16-17(10-14)28-12-27-16)19(21)29(24,25)15-7-4-13(2)5-8-15/h4-10,18-19H,3,11-12,22H2,1-2H3/t18-,19+,21+/m1/s1. The van der Waals surface area contributed by atoms with Gasteiger partial charge in [0.25, 0.3) is 0 Å². The zero-order valence-electron chi connectivity index (χ0n) is 16.3. The third-order valence-corrected chi connectivity index (χ3v) is 7.98. The summed E-state index contributed by atoms with van der Waals surface area (Å²) in [5, 5.41) is -1.01. The smallest absolute Gasteiger partial charge is 0.315 e. The molecule has 2 aromatic rings. The highest BCUT2D eigenvalue weighted by molar-refractivity contribution is 7.92. The van der Waals surface area contributed by atoms with Gasteiger partial charge in [-0.25, -0.2) is 8.42 Å². The zero-order valence-corrected chi connectivity index (χ0v) is 17.1. The van der Waals surface area contributed by atoms with E-state index in [-0.39, 0.29) is 24.8 Å². The van der Waals surface area contributed by atoms with Crippen molar-refractivity contribution >= 4 is 15.8 Å². The number of carbonyl (C=O) groups is 1. The van der Waals surface area contributed by atoms with Crippen LogP contribution in [0.4, 0.5) is 0 Å². The van der Waals surface area contributed by atoms with Crippen molar-refractivity contribution in [1.82, 2.24) is 0 Å². The summed E-state index contributed by atoms with van der Waals surface area (Å²) < 4.78 is 43.0. The van der Waals surface area contributed by atoms with E-state index >= 15 is 0 Å². The maximum absolute atomic E-state index is 13.5. The van der Waals surface area contributed by atoms with Crippen molar-refractivity contribution in [3.8, 4) is 11.5 Å². The largest absolute Gasteiger partial charge is 0.465 e. The number of sulfone groups is 1. The van der Waals surface area contributed by atoms with Gasteiger partial charge in [-0.15, -0.1) is 0 Å². The molecule has 8 heteroatoms. The fourth-order valence-electron chi connectivity index (χ4n) is 4.15. The fourth-order valence-corrected chi connectivity index (χ4v) is 6.53. The van der Waals surface area contributed by atoms with Gasteiger partial charge in [0, 0.05) is 12.5 Å². The van der Waals surface area contributed by atoms with E-state index in [1.807, 2.05) is 6.92 Å². The average Bonchev–Trinajstić information content (AvgIpc) is 3.20. The lowest BCUT2D eigenvalue weighted by atomic mass is 9.99. The van der Waals surface area contributed by atoms with E-state index in [9.17, 15) is 13.2 Å². The minimum absolute atomic E-state index is 0.106. The molecule has 1 fully saturated rings. The minimum atomic E-state index is -3.83. The van der Waals surface area contributed by atoms with Gasteiger partial charge in [0.05, 0.1) is 16.8 Å². The number of carbonyl (C=O) groups excluding carboxylic acids is 1. The molecule has 0 bridgehead atoms. The highest BCUT2D eigenvalue weighted by Gasteiger charge is 2.75. The zero-order chi connectivity index (χ0) is 20.8. The van der Waals surface area contributed by atoms with Crippen LogP contribution in [0.5, 0.6) is 11.5 Å². The second-order valence-corrected chi connectivity index (χ2v) is 9.40. The predicted molar refractivity (Wildman–Crippen MR) is 106 cm³/mol. The number of hydrogen-bond acceptors (Lipinski definition) is 7. The molecule has 4 rings (SSSR count). The lowest BCUT2D eigenvalue weighted by Gasteiger charge is -2.14. The molecule has 1 aliphatic heterocycles. The van der Waals surface area contributed by atoms with Crippen LogP contribution in [0, 0.1) is 12.3 Å². The number of hydrogen-bond donors (Lipinski definition) is 1. The molecule has 0 unspecified atom stereocenters. The van der Waals surface area contributed by atoms with E-state index in [0.717, 1.165) is 5.56 Å². The lowest BCUT2D eigenvalue weighted by Crippen LogP contribution is -2.33. The number of esters is 1. The second kappa shape index (κ2) is 7.03. The topological polar surface area (TPSA) is 105 Å². The molecule has 1 aliphatic carbocycles. The van der Waals surface area contributed by atoms with Crippen LogP contribution >= 0.6 is 0 Å². The first kappa shape index (κ1) is 19.7. The summed E-state index contributed by atoms with van der Waals surface area (Å²) in [4.78, 5) is 13.1. The van der Waals surface area contributed by atoms with Gasteiger partial charge in [-0.05, 0) is 43.7 Å². The predicted octanol–water partition coefficient (Wildman–Crippen LogP) is 2.17. The van der Waals surface area contributed by atoms with Crippen molar-refractivity contribution in [2.24, 2.45) is 11.1 Å². The van der Waals surface area contributed by atoms with Gasteiger partial charge in [0.1, 0.15) is 5.41 Å². The Labute approximate surface area is 169 Å². The van der Waals surface area contributed by atoms with Crippen molar-refractivity contribution in [1.29, 1.82) is 0 Å². The number of fused-ring (bicyclic) bond motifs is 1. The van der Waals surface area contributed by atoms with Crippen molar-refractivity contribution in [3.63, 3.8) is 0 Å². The van der Waals surface area contributed by atoms with Crippen LogP contribution in [0.3, 0.4) is 0 Å². The van der Waals surface area contributed by atoms with Crippen molar-refractivity contribution in [2.45, 2.75) is 29.9 Å². The number of rotatable bonds is 6. The van der Waals surface area contributed by atoms with Crippen LogP contribution in [0.2, 0.25) is 0 Å². The summed E-state index contributed by atoms with van der Waals surface area (Å²) in [5.74, 6) is -0.115. The molecule has 0 amide bonds. The third-order valence-electron chi connectivity index (χ3n) is 5.69. The lowest BCUT2D eigenvalue weighted by molar-refractivity contribution is -0.149. The first-order valence-electron chi connectivity index (χ1n) is 9.43. The molecule has 2 aromatic carbocycles. The van der Waals surface area contributed by atoms with Crippen molar-refractivity contribution in [3.05, 3.63) is 53.6 Å². The Morgan fingerprint density at radius 1 is 1.17 bits per heavy atom. The number of ether oxygens (including phenoxy) is 3. The Bertz CT molecular complexity index is 1050. The summed E-state index contributed by atoms with van der Waals surface area (Å²) in [6, 6.07) is 11.8. The molecule has 2 aliphatic rings. The van der Waals surface area contributed by atoms with Crippen molar-refractivity contribution in [2.75, 3.05) is 19.9 Å². The van der Waals surface area contributed by atoms with Gasteiger partial charge < -0.3 is 19.9 Å². The Hall–Kier alpha value is -2.58. The molecule has 3 atom stereocenters. The van der Waals surface area contributed by atoms with Gasteiger partial charge in [-0.1, -0.05) is 23.8 Å². The minimum Gasteiger partial charge on any atom is -0.465 e. The summed E-state index contributed by atoms with van der Waals surface area (Å²) in [5.41, 5.74) is 6.28. The van der Waals surface area contributed by atoms with Crippen molar-refractivity contribution < 1.29 is 27.4 Å². The monoisotopic (exact) mass is 417 g/mol. The SMILES string of the molecule is CCOC(=O)[C@@]1(CN)[C@H](c2ccc3c(c2)OCO3)[C@@H]1S(=O)(=O)c1ccc(C)cc1. The van der Waals surface area contributed by atoms with Crippen LogP contribution in [0.1, 0.15) is 24.0 Å². The maximum atomic E-state index is 13.5. The van der Waals surface area contributed by atoms with E-state index in [2.05, 4.69) is 0 Å². The first-order chi connectivity index (χ1) is 13.9. The van der Waals surface area contributed by atoms with E-state index in [4.69, 9.17) is 19.9 Å². The van der Waals surface area contributed by atoms with Gasteiger partial charge in [-0.2, -0.15) is 0 Å². The van der Waals surface area contributed by atoms with E-state index in [0.29, 0.717) is 17.1 Å². The van der Waals surface area contributed by atoms with Gasteiger partial charge in [0.2, 0.25) is 6.79 Å². The Morgan fingerprint density at radius 3 is 2.52 bits per heavy atom. The molecule has 0 radical (unpaired) electrons. The van der Waals surface area contributed by atoms with Crippen LogP contribution < -0.4 is 15.2 Å². The Kier molecular flexibility index (Phi) is 4.78. The summed E-state index contributed by atoms with van der Waals surface area (Å²) in [6.45, 7) is 3.68. The maximum Gasteiger partial charge on any atom is 0.315 e. The Balaban J connectivity index is 1.81. The molecule has 7 nitrogen and oxygen atoms in total. The number of nitrogens with two attached hydrogens (primary N) is 1. The van der Waals surface area contributed by atoms with Crippen LogP contribution in [0.25, 0.3) is 0 Å². The second-order valence-electron chi connectivity index (χ2n) is 7.33. The van der Waals surface area contributed by atoms with Gasteiger partial charge >= 0.3 is 5.97 Å². The average molecular weight is 417 g/mol. The highest BCUT2D eigenvalue weighted by atomic mass is 32.2. The van der Waals surface area contributed by atoms with Gasteiger partial charge in [0.15, 0.2) is 21.3 Å². The molecule has 1 saturated carbocycles. The molecule has 154 valence electrons. The van der Waals surface area contributed by atoms with Gasteiger partial charge in [-0.3, -0.25) is 4.79 Å². The third kappa shape index (κ3) is 2.98. The van der Waals surface area contributed by atoms with Crippen LogP contribution in [-0.4, -0.2) is 39.6 Å². The fraction of sp³-hybridized carbons (Fsp3) is 0.381. The molecule has 0 spiro atoms. The molecule has 0 saturated heterocycles.